The van der Waals surface area contributed by atoms with E-state index in [-0.39, 0.29) is 24.6 Å². The van der Waals surface area contributed by atoms with Gasteiger partial charge in [0.15, 0.2) is 0 Å². The van der Waals surface area contributed by atoms with Gasteiger partial charge in [0, 0.05) is 13.0 Å². The molecule has 1 saturated heterocycles. The molecule has 90 valence electrons. The molecule has 1 heterocycles. The number of halogens is 1. The van der Waals surface area contributed by atoms with Crippen molar-refractivity contribution in [1.29, 1.82) is 0 Å². The van der Waals surface area contributed by atoms with Gasteiger partial charge in [-0.25, -0.2) is 4.39 Å². The van der Waals surface area contributed by atoms with Gasteiger partial charge in [-0.1, -0.05) is 6.07 Å². The minimum Gasteiger partial charge on any atom is -0.481 e. The molecule has 2 rings (SSSR count). The molecule has 0 radical (unpaired) electrons. The average molecular weight is 237 g/mol. The van der Waals surface area contributed by atoms with E-state index >= 15 is 0 Å². The Kier molecular flexibility index (Phi) is 2.83. The zero-order valence-electron chi connectivity index (χ0n) is 9.31. The molecule has 4 nitrogen and oxygen atoms in total. The molecule has 5 heteroatoms. The van der Waals surface area contributed by atoms with E-state index < -0.39 is 17.7 Å². The Hall–Kier alpha value is -1.91. The van der Waals surface area contributed by atoms with Crippen LogP contribution in [0.25, 0.3) is 0 Å². The zero-order chi connectivity index (χ0) is 12.6. The average Bonchev–Trinajstić information content (AvgIpc) is 2.61. The summed E-state index contributed by atoms with van der Waals surface area (Å²) in [6.07, 6.45) is -0.0668. The minimum absolute atomic E-state index is 0.0359. The lowest BCUT2D eigenvalue weighted by atomic mass is 10.1. The van der Waals surface area contributed by atoms with Gasteiger partial charge in [0.25, 0.3) is 0 Å². The van der Waals surface area contributed by atoms with Gasteiger partial charge >= 0.3 is 5.97 Å². The molecule has 0 aliphatic carbocycles. The van der Waals surface area contributed by atoms with Gasteiger partial charge in [0.05, 0.1) is 11.6 Å². The van der Waals surface area contributed by atoms with Crippen LogP contribution in [0.15, 0.2) is 18.2 Å². The maximum atomic E-state index is 13.7. The number of rotatable bonds is 2. The van der Waals surface area contributed by atoms with Gasteiger partial charge in [-0.2, -0.15) is 0 Å². The Bertz CT molecular complexity index is 487. The first kappa shape index (κ1) is 11.6. The lowest BCUT2D eigenvalue weighted by molar-refractivity contribution is -0.141. The van der Waals surface area contributed by atoms with Gasteiger partial charge in [-0.3, -0.25) is 9.59 Å². The number of benzene rings is 1. The molecule has 0 spiro atoms. The van der Waals surface area contributed by atoms with Crippen LogP contribution in [-0.4, -0.2) is 23.5 Å². The molecule has 0 aromatic heterocycles. The van der Waals surface area contributed by atoms with Gasteiger partial charge in [0.2, 0.25) is 5.91 Å². The normalized spacial score (nSPS) is 19.8. The van der Waals surface area contributed by atoms with Crippen molar-refractivity contribution in [1.82, 2.24) is 0 Å². The van der Waals surface area contributed by atoms with Crippen LogP contribution in [0.4, 0.5) is 10.1 Å². The summed E-state index contributed by atoms with van der Waals surface area (Å²) in [5.74, 6) is -2.61. The van der Waals surface area contributed by atoms with E-state index in [1.54, 1.807) is 13.0 Å². The van der Waals surface area contributed by atoms with Crippen molar-refractivity contribution in [3.8, 4) is 0 Å². The Morgan fingerprint density at radius 3 is 2.76 bits per heavy atom. The number of amides is 1. The van der Waals surface area contributed by atoms with E-state index in [2.05, 4.69) is 0 Å². The van der Waals surface area contributed by atoms with Crippen molar-refractivity contribution in [3.63, 3.8) is 0 Å². The molecule has 17 heavy (non-hydrogen) atoms. The molecule has 1 N–H and O–H groups in total. The topological polar surface area (TPSA) is 57.6 Å². The van der Waals surface area contributed by atoms with Crippen LogP contribution < -0.4 is 4.90 Å². The second kappa shape index (κ2) is 4.16. The van der Waals surface area contributed by atoms with Crippen molar-refractivity contribution in [2.75, 3.05) is 11.4 Å². The lowest BCUT2D eigenvalue weighted by Gasteiger charge is -2.17. The summed E-state index contributed by atoms with van der Waals surface area (Å²) in [5.41, 5.74) is 0.914. The van der Waals surface area contributed by atoms with Crippen LogP contribution in [0.5, 0.6) is 0 Å². The smallest absolute Gasteiger partial charge is 0.308 e. The second-order valence-corrected chi connectivity index (χ2v) is 4.20. The number of nitrogens with zero attached hydrogens (tertiary/aromatic N) is 1. The summed E-state index contributed by atoms with van der Waals surface area (Å²) in [6.45, 7) is 1.78. The van der Waals surface area contributed by atoms with Crippen LogP contribution in [0.3, 0.4) is 0 Å². The first-order valence-corrected chi connectivity index (χ1v) is 5.28. The molecule has 0 saturated carbocycles. The number of anilines is 1. The standard InChI is InChI=1S/C12H12FNO3/c1-7-2-3-10(9(13)4-7)14-6-8(12(16)17)5-11(14)15/h2-4,8H,5-6H2,1H3,(H,16,17). The van der Waals surface area contributed by atoms with E-state index in [0.717, 1.165) is 5.56 Å². The molecular formula is C12H12FNO3. The quantitative estimate of drug-likeness (QED) is 0.849. The van der Waals surface area contributed by atoms with Gasteiger partial charge in [0.1, 0.15) is 5.82 Å². The van der Waals surface area contributed by atoms with Crippen molar-refractivity contribution < 1.29 is 19.1 Å². The number of carboxylic acids is 1. The number of carbonyl (C=O) groups excluding carboxylic acids is 1. The van der Waals surface area contributed by atoms with Crippen molar-refractivity contribution in [3.05, 3.63) is 29.6 Å². The van der Waals surface area contributed by atoms with Crippen LogP contribution in [0, 0.1) is 18.7 Å². The van der Waals surface area contributed by atoms with E-state index in [1.807, 2.05) is 0 Å². The monoisotopic (exact) mass is 237 g/mol. The van der Waals surface area contributed by atoms with E-state index in [1.165, 1.54) is 17.0 Å². The molecule has 1 aromatic rings. The third-order valence-electron chi connectivity index (χ3n) is 2.87. The predicted octanol–water partition coefficient (Wildman–Crippen LogP) is 1.57. The number of hydrogen-bond acceptors (Lipinski definition) is 2. The minimum atomic E-state index is -1.02. The van der Waals surface area contributed by atoms with Crippen molar-refractivity contribution in [2.24, 2.45) is 5.92 Å². The number of carboxylic acid groups (broad SMARTS) is 1. The maximum Gasteiger partial charge on any atom is 0.308 e. The highest BCUT2D eigenvalue weighted by molar-refractivity contribution is 5.99. The first-order valence-electron chi connectivity index (χ1n) is 5.28. The molecular weight excluding hydrogens is 225 g/mol. The summed E-state index contributed by atoms with van der Waals surface area (Å²) in [7, 11) is 0. The zero-order valence-corrected chi connectivity index (χ0v) is 9.31. The predicted molar refractivity (Wildman–Crippen MR) is 59.2 cm³/mol. The third kappa shape index (κ3) is 2.13. The Morgan fingerprint density at radius 2 is 2.24 bits per heavy atom. The Labute approximate surface area is 97.7 Å². The molecule has 1 fully saturated rings. The van der Waals surface area contributed by atoms with E-state index in [0.29, 0.717) is 0 Å². The molecule has 1 amide bonds. The van der Waals surface area contributed by atoms with E-state index in [4.69, 9.17) is 5.11 Å². The number of hydrogen-bond donors (Lipinski definition) is 1. The van der Waals surface area contributed by atoms with Crippen molar-refractivity contribution in [2.45, 2.75) is 13.3 Å². The number of carbonyl (C=O) groups is 2. The SMILES string of the molecule is Cc1ccc(N2CC(C(=O)O)CC2=O)c(F)c1. The second-order valence-electron chi connectivity index (χ2n) is 4.20. The van der Waals surface area contributed by atoms with E-state index in [9.17, 15) is 14.0 Å². The summed E-state index contributed by atoms with van der Waals surface area (Å²) >= 11 is 0. The summed E-state index contributed by atoms with van der Waals surface area (Å²) < 4.78 is 13.7. The fourth-order valence-corrected chi connectivity index (χ4v) is 1.94. The fourth-order valence-electron chi connectivity index (χ4n) is 1.94. The Balaban J connectivity index is 2.29. The molecule has 1 unspecified atom stereocenters. The maximum absolute atomic E-state index is 13.7. The van der Waals surface area contributed by atoms with Crippen molar-refractivity contribution >= 4 is 17.6 Å². The molecule has 1 aliphatic heterocycles. The lowest BCUT2D eigenvalue weighted by Crippen LogP contribution is -2.26. The van der Waals surface area contributed by atoms with Crippen LogP contribution in [0.1, 0.15) is 12.0 Å². The summed E-state index contributed by atoms with van der Waals surface area (Å²) in [4.78, 5) is 23.6. The first-order chi connectivity index (χ1) is 7.99. The highest BCUT2D eigenvalue weighted by Gasteiger charge is 2.35. The third-order valence-corrected chi connectivity index (χ3v) is 2.87. The van der Waals surface area contributed by atoms with Gasteiger partial charge in [-0.15, -0.1) is 0 Å². The number of aliphatic carboxylic acids is 1. The molecule has 1 aromatic carbocycles. The summed E-state index contributed by atoms with van der Waals surface area (Å²) in [6, 6.07) is 4.53. The molecule has 1 atom stereocenters. The van der Waals surface area contributed by atoms with Crippen LogP contribution >= 0.6 is 0 Å². The van der Waals surface area contributed by atoms with Crippen LogP contribution in [0.2, 0.25) is 0 Å². The molecule has 0 bridgehead atoms. The van der Waals surface area contributed by atoms with Gasteiger partial charge in [-0.05, 0) is 24.6 Å². The summed E-state index contributed by atoms with van der Waals surface area (Å²) in [5, 5.41) is 8.84. The van der Waals surface area contributed by atoms with Gasteiger partial charge < -0.3 is 10.0 Å². The highest BCUT2D eigenvalue weighted by atomic mass is 19.1. The fraction of sp³-hybridized carbons (Fsp3) is 0.333. The van der Waals surface area contributed by atoms with Crippen LogP contribution in [-0.2, 0) is 9.59 Å². The number of aryl methyl sites for hydroxylation is 1. The highest BCUT2D eigenvalue weighted by Crippen LogP contribution is 2.27. The molecule has 1 aliphatic rings. The largest absolute Gasteiger partial charge is 0.481 e. The Morgan fingerprint density at radius 1 is 1.53 bits per heavy atom.